The van der Waals surface area contributed by atoms with Gasteiger partial charge in [-0.3, -0.25) is 14.2 Å². The van der Waals surface area contributed by atoms with Gasteiger partial charge in [0, 0.05) is 13.6 Å². The zero-order valence-corrected chi connectivity index (χ0v) is 14.1. The van der Waals surface area contributed by atoms with E-state index in [1.54, 1.807) is 6.20 Å². The molecule has 0 spiro atoms. The van der Waals surface area contributed by atoms with Crippen LogP contribution in [0.25, 0.3) is 11.0 Å². The van der Waals surface area contributed by atoms with Crippen LogP contribution < -0.4 is 10.1 Å². The molecule has 7 heteroatoms. The number of nitrogens with one attached hydrogen (secondary N) is 1. The summed E-state index contributed by atoms with van der Waals surface area (Å²) in [4.78, 5) is 11.9. The Kier molecular flexibility index (Phi) is 4.50. The number of nitrogens with zero attached hydrogens (tertiary/aromatic N) is 4. The predicted molar refractivity (Wildman–Crippen MR) is 90.9 cm³/mol. The van der Waals surface area contributed by atoms with Crippen molar-refractivity contribution in [2.45, 2.75) is 20.4 Å². The van der Waals surface area contributed by atoms with E-state index in [0.29, 0.717) is 18.8 Å². The number of benzene rings is 1. The van der Waals surface area contributed by atoms with Crippen LogP contribution in [0.15, 0.2) is 30.5 Å². The lowest BCUT2D eigenvalue weighted by Gasteiger charge is -2.08. The molecule has 0 bridgehead atoms. The van der Waals surface area contributed by atoms with Crippen LogP contribution in [0, 0.1) is 13.8 Å². The average molecular weight is 327 g/mol. The van der Waals surface area contributed by atoms with Crippen molar-refractivity contribution in [3.05, 3.63) is 41.7 Å². The molecule has 1 amide bonds. The Hall–Kier alpha value is -2.83. The van der Waals surface area contributed by atoms with Crippen molar-refractivity contribution >= 4 is 16.9 Å². The van der Waals surface area contributed by atoms with E-state index in [1.807, 2.05) is 54.5 Å². The van der Waals surface area contributed by atoms with Gasteiger partial charge in [-0.1, -0.05) is 12.1 Å². The van der Waals surface area contributed by atoms with Crippen LogP contribution >= 0.6 is 0 Å². The third-order valence-corrected chi connectivity index (χ3v) is 3.82. The van der Waals surface area contributed by atoms with Crippen LogP contribution in [-0.4, -0.2) is 38.6 Å². The molecule has 1 aromatic carbocycles. The molecule has 0 unspecified atom stereocenters. The third kappa shape index (κ3) is 3.40. The van der Waals surface area contributed by atoms with Crippen molar-refractivity contribution in [2.24, 2.45) is 7.05 Å². The molecule has 0 radical (unpaired) electrons. The number of carbonyl (C=O) groups is 1. The zero-order chi connectivity index (χ0) is 17.1. The van der Waals surface area contributed by atoms with Gasteiger partial charge in [0.15, 0.2) is 6.61 Å². The molecule has 0 atom stereocenters. The minimum absolute atomic E-state index is 0.00386. The molecule has 2 aromatic heterocycles. The molecule has 126 valence electrons. The maximum Gasteiger partial charge on any atom is 0.258 e. The van der Waals surface area contributed by atoms with Gasteiger partial charge >= 0.3 is 0 Å². The average Bonchev–Trinajstić information content (AvgIpc) is 3.08. The molecule has 3 aromatic rings. The molecule has 3 rings (SSSR count). The molecule has 24 heavy (non-hydrogen) atoms. The van der Waals surface area contributed by atoms with Gasteiger partial charge in [0.05, 0.1) is 18.4 Å². The predicted octanol–water partition coefficient (Wildman–Crippen LogP) is 1.58. The van der Waals surface area contributed by atoms with Gasteiger partial charge in [0.25, 0.3) is 5.91 Å². The Morgan fingerprint density at radius 1 is 1.33 bits per heavy atom. The maximum atomic E-state index is 11.9. The second-order valence-electron chi connectivity index (χ2n) is 5.77. The van der Waals surface area contributed by atoms with Crippen molar-refractivity contribution in [2.75, 3.05) is 13.2 Å². The van der Waals surface area contributed by atoms with Crippen molar-refractivity contribution in [3.63, 3.8) is 0 Å². The largest absolute Gasteiger partial charge is 0.484 e. The zero-order valence-electron chi connectivity index (χ0n) is 14.1. The second kappa shape index (κ2) is 6.74. The Bertz CT molecular complexity index is 865. The van der Waals surface area contributed by atoms with Crippen LogP contribution in [0.2, 0.25) is 0 Å². The number of carbonyl (C=O) groups excluding carboxylic acids is 1. The summed E-state index contributed by atoms with van der Waals surface area (Å²) in [6, 6.07) is 7.63. The number of aromatic nitrogens is 4. The van der Waals surface area contributed by atoms with Gasteiger partial charge in [0.1, 0.15) is 16.8 Å². The van der Waals surface area contributed by atoms with Gasteiger partial charge in [-0.05, 0) is 31.5 Å². The number of fused-ring (bicyclic) bond motifs is 1. The first-order valence-electron chi connectivity index (χ1n) is 7.86. The highest BCUT2D eigenvalue weighted by Gasteiger charge is 2.11. The van der Waals surface area contributed by atoms with E-state index in [9.17, 15) is 4.79 Å². The van der Waals surface area contributed by atoms with E-state index in [0.717, 1.165) is 22.3 Å². The number of hydrogen-bond acceptors (Lipinski definition) is 4. The number of rotatable bonds is 6. The van der Waals surface area contributed by atoms with Gasteiger partial charge in [-0.25, -0.2) is 0 Å². The highest BCUT2D eigenvalue weighted by Crippen LogP contribution is 2.16. The lowest BCUT2D eigenvalue weighted by Crippen LogP contribution is -2.31. The lowest BCUT2D eigenvalue weighted by atomic mass is 10.2. The Labute approximate surface area is 140 Å². The fourth-order valence-corrected chi connectivity index (χ4v) is 2.69. The molecule has 0 aliphatic heterocycles. The van der Waals surface area contributed by atoms with Gasteiger partial charge < -0.3 is 10.1 Å². The number of aryl methyl sites for hydroxylation is 3. The quantitative estimate of drug-likeness (QED) is 0.746. The minimum Gasteiger partial charge on any atom is -0.484 e. The first-order chi connectivity index (χ1) is 11.5. The molecule has 1 N–H and O–H groups in total. The minimum atomic E-state index is -0.150. The first kappa shape index (κ1) is 16.0. The number of hydrogen-bond donors (Lipinski definition) is 1. The van der Waals surface area contributed by atoms with Crippen LogP contribution in [-0.2, 0) is 18.4 Å². The van der Waals surface area contributed by atoms with Crippen molar-refractivity contribution < 1.29 is 9.53 Å². The summed E-state index contributed by atoms with van der Waals surface area (Å²) >= 11 is 0. The molecule has 0 aliphatic rings. The highest BCUT2D eigenvalue weighted by atomic mass is 16.5. The van der Waals surface area contributed by atoms with Crippen LogP contribution in [0.3, 0.4) is 0 Å². The second-order valence-corrected chi connectivity index (χ2v) is 5.77. The van der Waals surface area contributed by atoms with E-state index >= 15 is 0 Å². The number of ether oxygens (including phenoxy) is 1. The summed E-state index contributed by atoms with van der Waals surface area (Å²) < 4.78 is 9.15. The van der Waals surface area contributed by atoms with Gasteiger partial charge in [-0.2, -0.15) is 10.2 Å². The van der Waals surface area contributed by atoms with Gasteiger partial charge in [0.2, 0.25) is 0 Å². The molecular formula is C17H21N5O2. The van der Waals surface area contributed by atoms with Crippen LogP contribution in [0.1, 0.15) is 11.3 Å². The molecule has 0 fully saturated rings. The highest BCUT2D eigenvalue weighted by molar-refractivity contribution is 5.78. The van der Waals surface area contributed by atoms with E-state index < -0.39 is 0 Å². The Balaban J connectivity index is 1.49. The van der Waals surface area contributed by atoms with Crippen molar-refractivity contribution in [1.82, 2.24) is 24.9 Å². The maximum absolute atomic E-state index is 11.9. The molecule has 0 saturated heterocycles. The van der Waals surface area contributed by atoms with Gasteiger partial charge in [-0.15, -0.1) is 0 Å². The van der Waals surface area contributed by atoms with Crippen LogP contribution in [0.4, 0.5) is 0 Å². The fraction of sp³-hybridized carbons (Fsp3) is 0.353. The molecule has 0 aliphatic carbocycles. The van der Waals surface area contributed by atoms with Crippen LogP contribution in [0.5, 0.6) is 5.75 Å². The summed E-state index contributed by atoms with van der Waals surface area (Å²) in [5.41, 5.74) is 4.02. The molecule has 2 heterocycles. The third-order valence-electron chi connectivity index (χ3n) is 3.82. The summed E-state index contributed by atoms with van der Waals surface area (Å²) in [5.74, 6) is 0.549. The topological polar surface area (TPSA) is 74.0 Å². The van der Waals surface area contributed by atoms with Crippen molar-refractivity contribution in [3.8, 4) is 5.75 Å². The number of amides is 1. The monoisotopic (exact) mass is 327 g/mol. The first-order valence-corrected chi connectivity index (χ1v) is 7.86. The Morgan fingerprint density at radius 3 is 2.96 bits per heavy atom. The summed E-state index contributed by atoms with van der Waals surface area (Å²) in [7, 11) is 1.89. The summed E-state index contributed by atoms with van der Waals surface area (Å²) in [6.45, 7) is 5.02. The fourth-order valence-electron chi connectivity index (χ4n) is 2.69. The SMILES string of the molecule is Cc1cccc(OCC(=O)NCCn2ncc3c2c(C)nn3C)c1. The van der Waals surface area contributed by atoms with E-state index in [2.05, 4.69) is 15.5 Å². The van der Waals surface area contributed by atoms with E-state index in [1.165, 1.54) is 0 Å². The smallest absolute Gasteiger partial charge is 0.258 e. The molecule has 7 nitrogen and oxygen atoms in total. The normalized spacial score (nSPS) is 11.0. The molecular weight excluding hydrogens is 306 g/mol. The lowest BCUT2D eigenvalue weighted by molar-refractivity contribution is -0.123. The summed E-state index contributed by atoms with van der Waals surface area (Å²) in [6.07, 6.45) is 1.79. The molecule has 0 saturated carbocycles. The summed E-state index contributed by atoms with van der Waals surface area (Å²) in [5, 5.41) is 11.6. The van der Waals surface area contributed by atoms with Crippen molar-refractivity contribution in [1.29, 1.82) is 0 Å². The Morgan fingerprint density at radius 2 is 2.17 bits per heavy atom. The van der Waals surface area contributed by atoms with E-state index in [4.69, 9.17) is 4.74 Å². The standard InChI is InChI=1S/C17H21N5O2/c1-12-5-4-6-14(9-12)24-11-16(23)18-7-8-22-17-13(2)20-21(3)15(17)10-19-22/h4-6,9-10H,7-8,11H2,1-3H3,(H,18,23). The van der Waals surface area contributed by atoms with E-state index in [-0.39, 0.29) is 12.5 Å².